The molecule has 0 aromatic heterocycles. The molecule has 0 aliphatic heterocycles. The molecule has 0 saturated carbocycles. The SMILES string of the molecule is NC(N)=NN=Cc1ccc(Br)c(O)c1O. The summed E-state index contributed by atoms with van der Waals surface area (Å²) in [6.07, 6.45) is 1.22. The Hall–Kier alpha value is -1.76. The van der Waals surface area contributed by atoms with Crippen molar-refractivity contribution in [1.29, 1.82) is 0 Å². The summed E-state index contributed by atoms with van der Waals surface area (Å²) in [5.41, 5.74) is 10.4. The molecule has 80 valence electrons. The molecule has 1 aromatic carbocycles. The summed E-state index contributed by atoms with van der Waals surface area (Å²) in [4.78, 5) is 0. The van der Waals surface area contributed by atoms with Crippen LogP contribution in [0.3, 0.4) is 0 Å². The van der Waals surface area contributed by atoms with E-state index in [0.717, 1.165) is 0 Å². The number of hydrogen-bond acceptors (Lipinski definition) is 4. The summed E-state index contributed by atoms with van der Waals surface area (Å²) >= 11 is 3.05. The Balaban J connectivity index is 3.02. The molecule has 0 bridgehead atoms. The number of rotatable bonds is 2. The van der Waals surface area contributed by atoms with Crippen LogP contribution >= 0.6 is 15.9 Å². The van der Waals surface area contributed by atoms with Gasteiger partial charge in [-0.3, -0.25) is 0 Å². The maximum atomic E-state index is 9.46. The molecule has 6 N–H and O–H groups in total. The van der Waals surface area contributed by atoms with Gasteiger partial charge in [-0.25, -0.2) is 0 Å². The lowest BCUT2D eigenvalue weighted by atomic mass is 10.2. The minimum atomic E-state index is -0.293. The lowest BCUT2D eigenvalue weighted by Gasteiger charge is -2.02. The molecule has 1 rings (SSSR count). The third-order valence-electron chi connectivity index (χ3n) is 1.50. The van der Waals surface area contributed by atoms with Crippen LogP contribution in [0.25, 0.3) is 0 Å². The van der Waals surface area contributed by atoms with Crippen LogP contribution < -0.4 is 11.5 Å². The standard InChI is InChI=1S/C8H9BrN4O2/c9-5-2-1-4(6(14)7(5)15)3-12-13-8(10)11/h1-3,14-15H,(H4,10,11,13). The summed E-state index contributed by atoms with van der Waals surface area (Å²) < 4.78 is 0.388. The van der Waals surface area contributed by atoms with Crippen molar-refractivity contribution in [3.05, 3.63) is 22.2 Å². The van der Waals surface area contributed by atoms with Gasteiger partial charge in [-0.1, -0.05) is 0 Å². The van der Waals surface area contributed by atoms with E-state index in [-0.39, 0.29) is 17.5 Å². The highest BCUT2D eigenvalue weighted by Gasteiger charge is 2.07. The number of aromatic hydroxyl groups is 2. The van der Waals surface area contributed by atoms with Crippen molar-refractivity contribution in [2.24, 2.45) is 21.7 Å². The van der Waals surface area contributed by atoms with E-state index in [9.17, 15) is 10.2 Å². The molecule has 0 amide bonds. The first-order valence-electron chi connectivity index (χ1n) is 3.84. The third kappa shape index (κ3) is 2.84. The van der Waals surface area contributed by atoms with E-state index < -0.39 is 0 Å². The van der Waals surface area contributed by atoms with Crippen LogP contribution in [0.4, 0.5) is 0 Å². The molecule has 0 radical (unpaired) electrons. The average Bonchev–Trinajstić information content (AvgIpc) is 2.18. The van der Waals surface area contributed by atoms with Crippen LogP contribution in [-0.2, 0) is 0 Å². The molecular formula is C8H9BrN4O2. The van der Waals surface area contributed by atoms with Gasteiger partial charge in [0.25, 0.3) is 0 Å². The number of halogens is 1. The molecule has 0 aliphatic rings. The van der Waals surface area contributed by atoms with Crippen LogP contribution in [0, 0.1) is 0 Å². The first-order valence-corrected chi connectivity index (χ1v) is 4.64. The first-order chi connectivity index (χ1) is 7.02. The number of phenolic OH excluding ortho intramolecular Hbond substituents is 2. The number of guanidine groups is 1. The Morgan fingerprint density at radius 2 is 1.93 bits per heavy atom. The van der Waals surface area contributed by atoms with Gasteiger partial charge in [0, 0.05) is 5.56 Å². The number of phenols is 2. The molecule has 0 saturated heterocycles. The quantitative estimate of drug-likeness (QED) is 0.271. The molecule has 0 heterocycles. The second kappa shape index (κ2) is 4.65. The summed E-state index contributed by atoms with van der Waals surface area (Å²) in [5, 5.41) is 25.7. The topological polar surface area (TPSA) is 117 Å². The van der Waals surface area contributed by atoms with Crippen LogP contribution in [0.5, 0.6) is 11.5 Å². The molecule has 6 nitrogen and oxygen atoms in total. The lowest BCUT2D eigenvalue weighted by Crippen LogP contribution is -2.21. The maximum Gasteiger partial charge on any atom is 0.211 e. The highest BCUT2D eigenvalue weighted by molar-refractivity contribution is 9.10. The fourth-order valence-electron chi connectivity index (χ4n) is 0.833. The lowest BCUT2D eigenvalue weighted by molar-refractivity contribution is 0.401. The van der Waals surface area contributed by atoms with Crippen molar-refractivity contribution in [1.82, 2.24) is 0 Å². The Kier molecular flexibility index (Phi) is 3.51. The highest BCUT2D eigenvalue weighted by Crippen LogP contribution is 2.35. The molecule has 1 aromatic rings. The predicted octanol–water partition coefficient (Wildman–Crippen LogP) is 0.468. The summed E-state index contributed by atoms with van der Waals surface area (Å²) in [7, 11) is 0. The minimum absolute atomic E-state index is 0.188. The molecular weight excluding hydrogens is 264 g/mol. The van der Waals surface area contributed by atoms with Gasteiger partial charge in [-0.05, 0) is 28.1 Å². The zero-order chi connectivity index (χ0) is 11.4. The molecule has 0 aliphatic carbocycles. The fraction of sp³-hybridized carbons (Fsp3) is 0. The third-order valence-corrected chi connectivity index (χ3v) is 2.14. The Bertz CT molecular complexity index is 427. The van der Waals surface area contributed by atoms with Gasteiger partial charge in [0.05, 0.1) is 10.7 Å². The largest absolute Gasteiger partial charge is 0.504 e. The number of nitrogens with two attached hydrogens (primary N) is 2. The first kappa shape index (κ1) is 11.3. The van der Waals surface area contributed by atoms with Crippen molar-refractivity contribution in [2.75, 3.05) is 0 Å². The van der Waals surface area contributed by atoms with Gasteiger partial charge in [0.2, 0.25) is 5.96 Å². The Labute approximate surface area is 94.1 Å². The normalized spacial score (nSPS) is 10.5. The minimum Gasteiger partial charge on any atom is -0.504 e. The Morgan fingerprint density at radius 3 is 2.53 bits per heavy atom. The maximum absolute atomic E-state index is 9.46. The van der Waals surface area contributed by atoms with Gasteiger partial charge < -0.3 is 21.7 Å². The van der Waals surface area contributed by atoms with Crippen LogP contribution in [0.15, 0.2) is 26.8 Å². The monoisotopic (exact) mass is 272 g/mol. The van der Waals surface area contributed by atoms with Gasteiger partial charge >= 0.3 is 0 Å². The molecule has 7 heteroatoms. The van der Waals surface area contributed by atoms with Crippen molar-refractivity contribution < 1.29 is 10.2 Å². The second-order valence-corrected chi connectivity index (χ2v) is 3.46. The molecule has 0 unspecified atom stereocenters. The average molecular weight is 273 g/mol. The number of benzene rings is 1. The van der Waals surface area contributed by atoms with Crippen LogP contribution in [0.1, 0.15) is 5.56 Å². The molecule has 0 fully saturated rings. The van der Waals surface area contributed by atoms with Crippen molar-refractivity contribution in [3.63, 3.8) is 0 Å². The van der Waals surface area contributed by atoms with E-state index in [2.05, 4.69) is 26.1 Å². The van der Waals surface area contributed by atoms with E-state index in [0.29, 0.717) is 10.0 Å². The Morgan fingerprint density at radius 1 is 1.27 bits per heavy atom. The van der Waals surface area contributed by atoms with Crippen molar-refractivity contribution in [2.45, 2.75) is 0 Å². The van der Waals surface area contributed by atoms with E-state index in [1.54, 1.807) is 12.1 Å². The van der Waals surface area contributed by atoms with E-state index >= 15 is 0 Å². The fourth-order valence-corrected chi connectivity index (χ4v) is 1.15. The molecule has 0 spiro atoms. The van der Waals surface area contributed by atoms with E-state index in [1.165, 1.54) is 6.21 Å². The van der Waals surface area contributed by atoms with Gasteiger partial charge in [0.15, 0.2) is 11.5 Å². The predicted molar refractivity (Wildman–Crippen MR) is 60.9 cm³/mol. The van der Waals surface area contributed by atoms with Gasteiger partial charge in [-0.15, -0.1) is 5.10 Å². The van der Waals surface area contributed by atoms with Crippen LogP contribution in [-0.4, -0.2) is 22.4 Å². The number of hydrogen-bond donors (Lipinski definition) is 4. The summed E-state index contributed by atoms with van der Waals surface area (Å²) in [6, 6.07) is 3.11. The van der Waals surface area contributed by atoms with E-state index in [1.807, 2.05) is 0 Å². The zero-order valence-electron chi connectivity index (χ0n) is 7.55. The van der Waals surface area contributed by atoms with E-state index in [4.69, 9.17) is 11.5 Å². The highest BCUT2D eigenvalue weighted by atomic mass is 79.9. The number of nitrogens with zero attached hydrogens (tertiary/aromatic N) is 2. The second-order valence-electron chi connectivity index (χ2n) is 2.60. The summed E-state index contributed by atoms with van der Waals surface area (Å²) in [5.74, 6) is -0.741. The smallest absolute Gasteiger partial charge is 0.211 e. The van der Waals surface area contributed by atoms with Gasteiger partial charge in [0.1, 0.15) is 0 Å². The van der Waals surface area contributed by atoms with Gasteiger partial charge in [-0.2, -0.15) is 5.10 Å². The van der Waals surface area contributed by atoms with Crippen molar-refractivity contribution in [3.8, 4) is 11.5 Å². The van der Waals surface area contributed by atoms with Crippen LogP contribution in [0.2, 0.25) is 0 Å². The summed E-state index contributed by atoms with van der Waals surface area (Å²) in [6.45, 7) is 0. The molecule has 0 atom stereocenters. The zero-order valence-corrected chi connectivity index (χ0v) is 9.14. The molecule has 15 heavy (non-hydrogen) atoms. The van der Waals surface area contributed by atoms with Crippen molar-refractivity contribution >= 4 is 28.1 Å².